The normalized spacial score (nSPS) is 11.9. The van der Waals surface area contributed by atoms with Crippen LogP contribution in [0.25, 0.3) is 0 Å². The Hall–Kier alpha value is -0.920. The van der Waals surface area contributed by atoms with Gasteiger partial charge >= 0.3 is 6.61 Å². The second-order valence-corrected chi connectivity index (χ2v) is 7.92. The first kappa shape index (κ1) is 26.1. The summed E-state index contributed by atoms with van der Waals surface area (Å²) < 4.78 is 56.5. The molecular formula is C15H23ClF2IN3O4S. The molecular weight excluding hydrogens is 519 g/mol. The molecule has 0 aromatic heterocycles. The Bertz CT molecular complexity index is 708. The number of alkyl halides is 2. The van der Waals surface area contributed by atoms with Crippen molar-refractivity contribution < 1.29 is 26.7 Å². The van der Waals surface area contributed by atoms with E-state index in [9.17, 15) is 17.2 Å². The highest BCUT2D eigenvalue weighted by atomic mass is 127. The van der Waals surface area contributed by atoms with Crippen LogP contribution in [0.3, 0.4) is 0 Å². The molecule has 0 amide bonds. The first-order chi connectivity index (χ1) is 12.2. The van der Waals surface area contributed by atoms with E-state index in [2.05, 4.69) is 20.4 Å². The largest absolute Gasteiger partial charge is 0.434 e. The van der Waals surface area contributed by atoms with E-state index in [0.717, 1.165) is 6.26 Å². The Labute approximate surface area is 179 Å². The van der Waals surface area contributed by atoms with E-state index in [4.69, 9.17) is 16.3 Å². The zero-order chi connectivity index (χ0) is 19.6. The van der Waals surface area contributed by atoms with Crippen molar-refractivity contribution in [3.63, 3.8) is 0 Å². The molecule has 12 heteroatoms. The van der Waals surface area contributed by atoms with Gasteiger partial charge in [0.1, 0.15) is 15.6 Å². The number of guanidine groups is 1. The average Bonchev–Trinajstić information content (AvgIpc) is 2.54. The molecule has 7 nitrogen and oxygen atoms in total. The molecule has 0 aliphatic carbocycles. The van der Waals surface area contributed by atoms with E-state index in [1.807, 2.05) is 0 Å². The molecule has 0 aliphatic heterocycles. The number of nitrogens with one attached hydrogen (secondary N) is 2. The van der Waals surface area contributed by atoms with Gasteiger partial charge in [-0.15, -0.1) is 24.0 Å². The fraction of sp³-hybridized carbons (Fsp3) is 0.533. The minimum absolute atomic E-state index is 0. The molecule has 0 atom stereocenters. The summed E-state index contributed by atoms with van der Waals surface area (Å²) in [4.78, 5) is 3.99. The van der Waals surface area contributed by atoms with E-state index in [0.29, 0.717) is 23.1 Å². The molecule has 0 bridgehead atoms. The van der Waals surface area contributed by atoms with E-state index in [-0.39, 0.29) is 55.2 Å². The molecule has 0 radical (unpaired) electrons. The summed E-state index contributed by atoms with van der Waals surface area (Å²) in [5.41, 5.74) is 0.449. The third-order valence-corrected chi connectivity index (χ3v) is 4.19. The number of benzene rings is 1. The van der Waals surface area contributed by atoms with Crippen LogP contribution in [-0.2, 0) is 21.1 Å². The predicted octanol–water partition coefficient (Wildman–Crippen LogP) is 2.29. The van der Waals surface area contributed by atoms with Gasteiger partial charge in [0.05, 0.1) is 19.0 Å². The van der Waals surface area contributed by atoms with Gasteiger partial charge in [0.25, 0.3) is 0 Å². The van der Waals surface area contributed by atoms with Crippen molar-refractivity contribution in [2.45, 2.75) is 13.2 Å². The van der Waals surface area contributed by atoms with E-state index < -0.39 is 16.4 Å². The van der Waals surface area contributed by atoms with Crippen molar-refractivity contribution in [1.82, 2.24) is 10.6 Å². The SMILES string of the molecule is CN=C(NCCOCCS(C)(=O)=O)NCc1cc(Cl)ccc1OC(F)F.I. The van der Waals surface area contributed by atoms with Crippen LogP contribution < -0.4 is 15.4 Å². The van der Waals surface area contributed by atoms with Crippen LogP contribution >= 0.6 is 35.6 Å². The molecule has 0 heterocycles. The molecule has 27 heavy (non-hydrogen) atoms. The van der Waals surface area contributed by atoms with Crippen LogP contribution in [0.4, 0.5) is 8.78 Å². The van der Waals surface area contributed by atoms with Crippen LogP contribution in [0.2, 0.25) is 5.02 Å². The first-order valence-corrected chi connectivity index (χ1v) is 10.1. The van der Waals surface area contributed by atoms with Gasteiger partial charge in [0.2, 0.25) is 0 Å². The van der Waals surface area contributed by atoms with Crippen molar-refractivity contribution in [3.8, 4) is 5.75 Å². The van der Waals surface area contributed by atoms with Crippen molar-refractivity contribution in [1.29, 1.82) is 0 Å². The van der Waals surface area contributed by atoms with Crippen molar-refractivity contribution in [3.05, 3.63) is 28.8 Å². The van der Waals surface area contributed by atoms with Crippen molar-refractivity contribution in [2.75, 3.05) is 38.8 Å². The molecule has 0 aliphatic rings. The quantitative estimate of drug-likeness (QED) is 0.205. The molecule has 0 fully saturated rings. The number of ether oxygens (including phenoxy) is 2. The Morgan fingerprint density at radius 2 is 2.00 bits per heavy atom. The number of rotatable bonds is 10. The third kappa shape index (κ3) is 12.2. The van der Waals surface area contributed by atoms with Gasteiger partial charge in [-0.25, -0.2) is 8.42 Å². The van der Waals surface area contributed by atoms with Crippen LogP contribution in [-0.4, -0.2) is 59.8 Å². The zero-order valence-corrected chi connectivity index (χ0v) is 18.8. The molecule has 0 unspecified atom stereocenters. The number of sulfone groups is 1. The van der Waals surface area contributed by atoms with Crippen LogP contribution in [0, 0.1) is 0 Å². The molecule has 0 saturated heterocycles. The van der Waals surface area contributed by atoms with Gasteiger partial charge < -0.3 is 20.1 Å². The summed E-state index contributed by atoms with van der Waals surface area (Å²) in [5, 5.41) is 6.29. The Morgan fingerprint density at radius 3 is 2.59 bits per heavy atom. The Balaban J connectivity index is 0.00000676. The monoisotopic (exact) mass is 541 g/mol. The van der Waals surface area contributed by atoms with Crippen LogP contribution in [0.15, 0.2) is 23.2 Å². The summed E-state index contributed by atoms with van der Waals surface area (Å²) in [7, 11) is -1.50. The number of nitrogens with zero attached hydrogens (tertiary/aromatic N) is 1. The summed E-state index contributed by atoms with van der Waals surface area (Å²) >= 11 is 5.89. The zero-order valence-electron chi connectivity index (χ0n) is 14.9. The molecule has 1 aromatic carbocycles. The summed E-state index contributed by atoms with van der Waals surface area (Å²) in [6, 6.07) is 4.36. The summed E-state index contributed by atoms with van der Waals surface area (Å²) in [5.74, 6) is 0.401. The lowest BCUT2D eigenvalue weighted by Crippen LogP contribution is -2.38. The molecule has 2 N–H and O–H groups in total. The smallest absolute Gasteiger partial charge is 0.387 e. The maximum Gasteiger partial charge on any atom is 0.387 e. The predicted molar refractivity (Wildman–Crippen MR) is 112 cm³/mol. The van der Waals surface area contributed by atoms with Gasteiger partial charge in [-0.2, -0.15) is 8.78 Å². The minimum Gasteiger partial charge on any atom is -0.434 e. The molecule has 156 valence electrons. The highest BCUT2D eigenvalue weighted by molar-refractivity contribution is 14.0. The second-order valence-electron chi connectivity index (χ2n) is 5.23. The van der Waals surface area contributed by atoms with Crippen molar-refractivity contribution >= 4 is 51.4 Å². The van der Waals surface area contributed by atoms with Gasteiger partial charge in [-0.1, -0.05) is 11.6 Å². The van der Waals surface area contributed by atoms with Crippen LogP contribution in [0.5, 0.6) is 5.75 Å². The minimum atomic E-state index is -3.05. The second kappa shape index (κ2) is 13.3. The Morgan fingerprint density at radius 1 is 1.30 bits per heavy atom. The lowest BCUT2D eigenvalue weighted by molar-refractivity contribution is -0.0504. The third-order valence-electron chi connectivity index (χ3n) is 3.05. The molecule has 1 aromatic rings. The topological polar surface area (TPSA) is 89.0 Å². The Kier molecular flexibility index (Phi) is 12.8. The number of hydrogen-bond acceptors (Lipinski definition) is 5. The fourth-order valence-corrected chi connectivity index (χ4v) is 2.47. The summed E-state index contributed by atoms with van der Waals surface area (Å²) in [6.45, 7) is -1.98. The lowest BCUT2D eigenvalue weighted by Gasteiger charge is -2.15. The maximum absolute atomic E-state index is 12.4. The van der Waals surface area contributed by atoms with Gasteiger partial charge in [0, 0.05) is 37.0 Å². The van der Waals surface area contributed by atoms with E-state index >= 15 is 0 Å². The number of aliphatic imine (C=N–C) groups is 1. The maximum atomic E-state index is 12.4. The van der Waals surface area contributed by atoms with Gasteiger partial charge in [-0.3, -0.25) is 4.99 Å². The number of hydrogen-bond donors (Lipinski definition) is 2. The number of halogens is 4. The van der Waals surface area contributed by atoms with Gasteiger partial charge in [0.15, 0.2) is 5.96 Å². The lowest BCUT2D eigenvalue weighted by atomic mass is 10.2. The van der Waals surface area contributed by atoms with Crippen LogP contribution in [0.1, 0.15) is 5.56 Å². The first-order valence-electron chi connectivity index (χ1n) is 7.64. The van der Waals surface area contributed by atoms with Crippen molar-refractivity contribution in [2.24, 2.45) is 4.99 Å². The summed E-state index contributed by atoms with van der Waals surface area (Å²) in [6.07, 6.45) is 1.14. The van der Waals surface area contributed by atoms with E-state index in [1.165, 1.54) is 18.2 Å². The molecule has 1 rings (SSSR count). The van der Waals surface area contributed by atoms with Gasteiger partial charge in [-0.05, 0) is 18.2 Å². The van der Waals surface area contributed by atoms with E-state index in [1.54, 1.807) is 7.05 Å². The standard InChI is InChI=1S/C15H22ClF2N3O4S.HI/c1-19-15(20-5-6-24-7-8-26(2,22)23)21-10-11-9-12(16)3-4-13(11)25-14(17)18;/h3-4,9,14H,5-8,10H2,1-2H3,(H2,19,20,21);1H. The molecule has 0 saturated carbocycles. The highest BCUT2D eigenvalue weighted by Crippen LogP contribution is 2.24. The fourth-order valence-electron chi connectivity index (χ4n) is 1.85. The highest BCUT2D eigenvalue weighted by Gasteiger charge is 2.11. The average molecular weight is 542 g/mol. The molecule has 0 spiro atoms.